The van der Waals surface area contributed by atoms with Crippen molar-refractivity contribution in [1.82, 2.24) is 4.98 Å². The number of aliphatic hydroxyl groups excluding tert-OH is 1. The van der Waals surface area contributed by atoms with Gasteiger partial charge in [0.2, 0.25) is 0 Å². The van der Waals surface area contributed by atoms with E-state index in [-0.39, 0.29) is 23.1 Å². The summed E-state index contributed by atoms with van der Waals surface area (Å²) in [5.74, 6) is 0.314. The van der Waals surface area contributed by atoms with Crippen molar-refractivity contribution in [2.75, 3.05) is 17.7 Å². The first-order valence-electron chi connectivity index (χ1n) is 6.36. The predicted molar refractivity (Wildman–Crippen MR) is 70.6 cm³/mol. The molecule has 2 atom stereocenters. The van der Waals surface area contributed by atoms with E-state index in [1.807, 2.05) is 13.8 Å². The lowest BCUT2D eigenvalue weighted by Crippen LogP contribution is -2.57. The fraction of sp³-hybridized carbons (Fsp3) is 0.615. The van der Waals surface area contributed by atoms with Crippen molar-refractivity contribution < 1.29 is 18.3 Å². The molecule has 4 nitrogen and oxygen atoms in total. The number of aliphatic hydroxyl groups is 1. The van der Waals surface area contributed by atoms with Crippen LogP contribution in [0.3, 0.4) is 0 Å². The van der Waals surface area contributed by atoms with Crippen LogP contribution >= 0.6 is 0 Å². The number of nitrogens with one attached hydrogen (secondary N) is 2. The topological polar surface area (TPSA) is 57.2 Å². The van der Waals surface area contributed by atoms with E-state index in [2.05, 4.69) is 15.6 Å². The van der Waals surface area contributed by atoms with Crippen LogP contribution in [0.4, 0.5) is 24.8 Å². The van der Waals surface area contributed by atoms with Crippen molar-refractivity contribution in [2.24, 2.45) is 5.41 Å². The SMILES string of the molecule is CNc1cc(C(F)(F)F)cc(NC2CC(O)C2(C)C)n1. The molecular formula is C13H18F3N3O. The Balaban J connectivity index is 2.24. The highest BCUT2D eigenvalue weighted by Gasteiger charge is 2.47. The van der Waals surface area contributed by atoms with Crippen LogP contribution < -0.4 is 10.6 Å². The molecule has 1 heterocycles. The summed E-state index contributed by atoms with van der Waals surface area (Å²) >= 11 is 0. The van der Waals surface area contributed by atoms with Gasteiger partial charge in [0.05, 0.1) is 11.7 Å². The number of alkyl halides is 3. The third-order valence-electron chi connectivity index (χ3n) is 3.95. The predicted octanol–water partition coefficient (Wildman–Crippen LogP) is 2.71. The summed E-state index contributed by atoms with van der Waals surface area (Å²) in [6.07, 6.45) is -4.37. The Morgan fingerprint density at radius 3 is 2.35 bits per heavy atom. The Morgan fingerprint density at radius 1 is 1.30 bits per heavy atom. The number of pyridine rings is 1. The minimum atomic E-state index is -4.42. The Bertz CT molecular complexity index is 502. The minimum absolute atomic E-state index is 0.0989. The van der Waals surface area contributed by atoms with Crippen molar-refractivity contribution in [3.8, 4) is 0 Å². The zero-order chi connectivity index (χ0) is 15.1. The number of anilines is 2. The first-order chi connectivity index (χ1) is 9.14. The zero-order valence-electron chi connectivity index (χ0n) is 11.5. The van der Waals surface area contributed by atoms with Gasteiger partial charge in [-0.25, -0.2) is 4.98 Å². The molecule has 2 unspecified atom stereocenters. The van der Waals surface area contributed by atoms with Crippen LogP contribution in [0.2, 0.25) is 0 Å². The lowest BCUT2D eigenvalue weighted by Gasteiger charge is -2.49. The van der Waals surface area contributed by atoms with E-state index in [1.54, 1.807) is 0 Å². The van der Waals surface area contributed by atoms with E-state index in [4.69, 9.17) is 0 Å². The van der Waals surface area contributed by atoms with Crippen molar-refractivity contribution in [3.63, 3.8) is 0 Å². The third kappa shape index (κ3) is 2.67. The second-order valence-corrected chi connectivity index (χ2v) is 5.64. The Kier molecular flexibility index (Phi) is 3.58. The summed E-state index contributed by atoms with van der Waals surface area (Å²) in [6, 6.07) is 1.85. The van der Waals surface area contributed by atoms with Gasteiger partial charge in [-0.3, -0.25) is 0 Å². The number of hydrogen-bond acceptors (Lipinski definition) is 4. The van der Waals surface area contributed by atoms with E-state index >= 15 is 0 Å². The van der Waals surface area contributed by atoms with Gasteiger partial charge in [-0.15, -0.1) is 0 Å². The molecular weight excluding hydrogens is 271 g/mol. The molecule has 0 bridgehead atoms. The quantitative estimate of drug-likeness (QED) is 0.801. The number of halogens is 3. The molecule has 2 rings (SSSR count). The van der Waals surface area contributed by atoms with Crippen LogP contribution in [0.1, 0.15) is 25.8 Å². The Labute approximate surface area is 115 Å². The van der Waals surface area contributed by atoms with Crippen molar-refractivity contribution in [3.05, 3.63) is 17.7 Å². The van der Waals surface area contributed by atoms with Gasteiger partial charge in [-0.05, 0) is 18.6 Å². The second kappa shape index (κ2) is 4.80. The molecule has 0 spiro atoms. The molecule has 0 radical (unpaired) electrons. The van der Waals surface area contributed by atoms with E-state index in [9.17, 15) is 18.3 Å². The molecule has 1 saturated carbocycles. The molecule has 1 fully saturated rings. The van der Waals surface area contributed by atoms with Crippen molar-refractivity contribution in [2.45, 2.75) is 38.6 Å². The summed E-state index contributed by atoms with van der Waals surface area (Å²) in [4.78, 5) is 4.07. The first-order valence-corrected chi connectivity index (χ1v) is 6.36. The van der Waals surface area contributed by atoms with Gasteiger partial charge in [0.15, 0.2) is 0 Å². The molecule has 3 N–H and O–H groups in total. The van der Waals surface area contributed by atoms with E-state index in [0.717, 1.165) is 12.1 Å². The maximum atomic E-state index is 12.8. The highest BCUT2D eigenvalue weighted by Crippen LogP contribution is 2.42. The van der Waals surface area contributed by atoms with Gasteiger partial charge < -0.3 is 15.7 Å². The third-order valence-corrected chi connectivity index (χ3v) is 3.95. The van der Waals surface area contributed by atoms with Gasteiger partial charge >= 0.3 is 6.18 Å². The molecule has 1 aromatic heterocycles. The van der Waals surface area contributed by atoms with Crippen LogP contribution in [0.15, 0.2) is 12.1 Å². The summed E-state index contributed by atoms with van der Waals surface area (Å²) in [6.45, 7) is 3.73. The van der Waals surface area contributed by atoms with Crippen LogP contribution in [0, 0.1) is 5.41 Å². The number of nitrogens with zero attached hydrogens (tertiary/aromatic N) is 1. The lowest BCUT2D eigenvalue weighted by molar-refractivity contribution is -0.137. The van der Waals surface area contributed by atoms with Gasteiger partial charge in [0.1, 0.15) is 11.6 Å². The highest BCUT2D eigenvalue weighted by molar-refractivity contribution is 5.50. The summed E-state index contributed by atoms with van der Waals surface area (Å²) in [7, 11) is 1.52. The fourth-order valence-corrected chi connectivity index (χ4v) is 2.22. The van der Waals surface area contributed by atoms with Crippen molar-refractivity contribution in [1.29, 1.82) is 0 Å². The fourth-order valence-electron chi connectivity index (χ4n) is 2.22. The van der Waals surface area contributed by atoms with Crippen LogP contribution in [-0.2, 0) is 6.18 Å². The molecule has 1 aliphatic rings. The van der Waals surface area contributed by atoms with Gasteiger partial charge in [-0.1, -0.05) is 13.8 Å². The summed E-state index contributed by atoms with van der Waals surface area (Å²) in [5.41, 5.74) is -1.13. The largest absolute Gasteiger partial charge is 0.416 e. The maximum absolute atomic E-state index is 12.8. The van der Waals surface area contributed by atoms with E-state index in [1.165, 1.54) is 7.05 Å². The Morgan fingerprint density at radius 2 is 1.90 bits per heavy atom. The molecule has 0 saturated heterocycles. The molecule has 0 aliphatic heterocycles. The normalized spacial score (nSPS) is 24.9. The molecule has 20 heavy (non-hydrogen) atoms. The average Bonchev–Trinajstić information content (AvgIpc) is 2.37. The first kappa shape index (κ1) is 14.9. The number of hydrogen-bond donors (Lipinski definition) is 3. The molecule has 112 valence electrons. The standard InChI is InChI=1S/C13H18F3N3O/c1-12(2)8(6-9(12)20)18-11-5-7(13(14,15)16)4-10(17-3)19-11/h4-5,8-9,20H,6H2,1-3H3,(H2,17,18,19). The summed E-state index contributed by atoms with van der Waals surface area (Å²) < 4.78 is 38.4. The molecule has 0 aromatic carbocycles. The Hall–Kier alpha value is -1.50. The zero-order valence-corrected chi connectivity index (χ0v) is 11.5. The lowest BCUT2D eigenvalue weighted by atomic mass is 9.64. The molecule has 1 aliphatic carbocycles. The van der Waals surface area contributed by atoms with Gasteiger partial charge in [-0.2, -0.15) is 13.2 Å². The molecule has 7 heteroatoms. The van der Waals surface area contributed by atoms with Crippen LogP contribution in [0.5, 0.6) is 0 Å². The second-order valence-electron chi connectivity index (χ2n) is 5.64. The van der Waals surface area contributed by atoms with Gasteiger partial charge in [0.25, 0.3) is 0 Å². The van der Waals surface area contributed by atoms with Gasteiger partial charge in [0, 0.05) is 18.5 Å². The molecule has 1 aromatic rings. The number of aromatic nitrogens is 1. The highest BCUT2D eigenvalue weighted by atomic mass is 19.4. The number of rotatable bonds is 3. The summed E-state index contributed by atoms with van der Waals surface area (Å²) in [5, 5.41) is 15.2. The smallest absolute Gasteiger partial charge is 0.392 e. The van der Waals surface area contributed by atoms with Crippen molar-refractivity contribution >= 4 is 11.6 Å². The van der Waals surface area contributed by atoms with Crippen LogP contribution in [0.25, 0.3) is 0 Å². The monoisotopic (exact) mass is 289 g/mol. The maximum Gasteiger partial charge on any atom is 0.416 e. The molecule has 0 amide bonds. The van der Waals surface area contributed by atoms with E-state index < -0.39 is 17.8 Å². The minimum Gasteiger partial charge on any atom is -0.392 e. The van der Waals surface area contributed by atoms with Crippen LogP contribution in [-0.4, -0.2) is 29.3 Å². The van der Waals surface area contributed by atoms with E-state index in [0.29, 0.717) is 6.42 Å². The average molecular weight is 289 g/mol.